The van der Waals surface area contributed by atoms with Crippen molar-refractivity contribution in [3.63, 3.8) is 0 Å². The number of epoxide rings is 1. The standard InChI is InChI=1S/C11H22O2/c1-3-5-7-11(8-6-4-2)10(9-12)13-11/h10,12H,3-9H2,1-2H3. The fourth-order valence-corrected chi connectivity index (χ4v) is 1.97. The highest BCUT2D eigenvalue weighted by Crippen LogP contribution is 2.44. The number of hydrogen-bond donors (Lipinski definition) is 1. The van der Waals surface area contributed by atoms with Crippen molar-refractivity contribution in [3.05, 3.63) is 0 Å². The number of unbranched alkanes of at least 4 members (excludes halogenated alkanes) is 2. The lowest BCUT2D eigenvalue weighted by atomic mass is 9.93. The lowest BCUT2D eigenvalue weighted by Crippen LogP contribution is -2.17. The van der Waals surface area contributed by atoms with E-state index in [9.17, 15) is 0 Å². The van der Waals surface area contributed by atoms with Crippen molar-refractivity contribution in [1.29, 1.82) is 0 Å². The first-order valence-corrected chi connectivity index (χ1v) is 5.57. The molecule has 1 aliphatic rings. The molecule has 0 aromatic carbocycles. The summed E-state index contributed by atoms with van der Waals surface area (Å²) < 4.78 is 5.61. The molecule has 0 radical (unpaired) electrons. The highest BCUT2D eigenvalue weighted by atomic mass is 16.6. The zero-order chi connectivity index (χ0) is 9.73. The average Bonchev–Trinajstić information content (AvgIpc) is 2.86. The third-order valence-electron chi connectivity index (χ3n) is 2.98. The van der Waals surface area contributed by atoms with E-state index in [1.165, 1.54) is 25.7 Å². The van der Waals surface area contributed by atoms with Crippen LogP contribution >= 0.6 is 0 Å². The number of aliphatic hydroxyl groups is 1. The first kappa shape index (κ1) is 11.0. The van der Waals surface area contributed by atoms with Gasteiger partial charge in [0, 0.05) is 0 Å². The van der Waals surface area contributed by atoms with Gasteiger partial charge in [-0.05, 0) is 12.8 Å². The quantitative estimate of drug-likeness (QED) is 0.620. The molecule has 0 saturated carbocycles. The van der Waals surface area contributed by atoms with Crippen LogP contribution in [0.4, 0.5) is 0 Å². The zero-order valence-corrected chi connectivity index (χ0v) is 8.88. The van der Waals surface area contributed by atoms with Crippen LogP contribution in [0.15, 0.2) is 0 Å². The molecule has 0 aliphatic carbocycles. The Bertz CT molecular complexity index is 137. The molecule has 1 saturated heterocycles. The summed E-state index contributed by atoms with van der Waals surface area (Å²) in [7, 11) is 0. The molecule has 0 spiro atoms. The topological polar surface area (TPSA) is 32.8 Å². The Kier molecular flexibility index (Phi) is 4.20. The van der Waals surface area contributed by atoms with Gasteiger partial charge in [-0.25, -0.2) is 0 Å². The molecule has 1 heterocycles. The maximum Gasteiger partial charge on any atom is 0.110 e. The molecule has 2 heteroatoms. The highest BCUT2D eigenvalue weighted by molar-refractivity contribution is 5.01. The van der Waals surface area contributed by atoms with Gasteiger partial charge in [-0.2, -0.15) is 0 Å². The van der Waals surface area contributed by atoms with Crippen LogP contribution in [0.2, 0.25) is 0 Å². The summed E-state index contributed by atoms with van der Waals surface area (Å²) in [5.41, 5.74) is 0.0702. The van der Waals surface area contributed by atoms with Gasteiger partial charge >= 0.3 is 0 Å². The summed E-state index contributed by atoms with van der Waals surface area (Å²) in [6.45, 7) is 4.60. The zero-order valence-electron chi connectivity index (χ0n) is 8.88. The van der Waals surface area contributed by atoms with Crippen LogP contribution in [-0.4, -0.2) is 23.4 Å². The first-order valence-electron chi connectivity index (χ1n) is 5.57. The van der Waals surface area contributed by atoms with Crippen LogP contribution < -0.4 is 0 Å². The van der Waals surface area contributed by atoms with Gasteiger partial charge in [0.2, 0.25) is 0 Å². The number of hydrogen-bond acceptors (Lipinski definition) is 2. The molecular weight excluding hydrogens is 164 g/mol. The molecule has 2 nitrogen and oxygen atoms in total. The molecule has 1 aliphatic heterocycles. The smallest absolute Gasteiger partial charge is 0.110 e. The SMILES string of the molecule is CCCCC1(CCCC)OC1CO. The Hall–Kier alpha value is -0.0800. The summed E-state index contributed by atoms with van der Waals surface area (Å²) in [5, 5.41) is 9.02. The van der Waals surface area contributed by atoms with E-state index >= 15 is 0 Å². The Balaban J connectivity index is 2.29. The van der Waals surface area contributed by atoms with Crippen molar-refractivity contribution in [2.45, 2.75) is 64.1 Å². The number of aliphatic hydroxyl groups excluding tert-OH is 1. The molecule has 0 aromatic rings. The molecule has 0 bridgehead atoms. The fraction of sp³-hybridized carbons (Fsp3) is 1.00. The largest absolute Gasteiger partial charge is 0.394 e. The fourth-order valence-electron chi connectivity index (χ4n) is 1.97. The Morgan fingerprint density at radius 3 is 2.00 bits per heavy atom. The second-order valence-corrected chi connectivity index (χ2v) is 4.06. The van der Waals surface area contributed by atoms with Gasteiger partial charge < -0.3 is 9.84 Å². The van der Waals surface area contributed by atoms with Crippen LogP contribution in [0.1, 0.15) is 52.4 Å². The second-order valence-electron chi connectivity index (χ2n) is 4.06. The van der Waals surface area contributed by atoms with E-state index in [1.807, 2.05) is 0 Å². The Labute approximate surface area is 81.3 Å². The Morgan fingerprint density at radius 1 is 1.15 bits per heavy atom. The van der Waals surface area contributed by atoms with Crippen molar-refractivity contribution >= 4 is 0 Å². The molecule has 78 valence electrons. The van der Waals surface area contributed by atoms with E-state index in [1.54, 1.807) is 0 Å². The maximum atomic E-state index is 9.02. The molecule has 1 unspecified atom stereocenters. The van der Waals surface area contributed by atoms with E-state index < -0.39 is 0 Å². The summed E-state index contributed by atoms with van der Waals surface area (Å²) >= 11 is 0. The molecule has 1 rings (SSSR count). The molecule has 1 N–H and O–H groups in total. The first-order chi connectivity index (χ1) is 6.29. The maximum absolute atomic E-state index is 9.02. The van der Waals surface area contributed by atoms with Crippen LogP contribution in [0.5, 0.6) is 0 Å². The minimum absolute atomic E-state index is 0.0702. The van der Waals surface area contributed by atoms with Gasteiger partial charge in [-0.1, -0.05) is 39.5 Å². The normalized spacial score (nSPS) is 24.7. The average molecular weight is 186 g/mol. The summed E-state index contributed by atoms with van der Waals surface area (Å²) in [6, 6.07) is 0. The van der Waals surface area contributed by atoms with Gasteiger partial charge in [0.05, 0.1) is 12.2 Å². The van der Waals surface area contributed by atoms with Crippen molar-refractivity contribution < 1.29 is 9.84 Å². The van der Waals surface area contributed by atoms with E-state index in [0.717, 1.165) is 12.8 Å². The van der Waals surface area contributed by atoms with Crippen molar-refractivity contribution in [2.75, 3.05) is 6.61 Å². The van der Waals surface area contributed by atoms with Gasteiger partial charge in [0.1, 0.15) is 6.10 Å². The van der Waals surface area contributed by atoms with Crippen LogP contribution in [-0.2, 0) is 4.74 Å². The van der Waals surface area contributed by atoms with Gasteiger partial charge in [0.15, 0.2) is 0 Å². The van der Waals surface area contributed by atoms with Crippen molar-refractivity contribution in [3.8, 4) is 0 Å². The monoisotopic (exact) mass is 186 g/mol. The third kappa shape index (κ3) is 2.68. The molecular formula is C11H22O2. The van der Waals surface area contributed by atoms with E-state index in [-0.39, 0.29) is 18.3 Å². The van der Waals surface area contributed by atoms with Crippen LogP contribution in [0.25, 0.3) is 0 Å². The van der Waals surface area contributed by atoms with Crippen molar-refractivity contribution in [2.24, 2.45) is 0 Å². The summed E-state index contributed by atoms with van der Waals surface area (Å²) in [6.07, 6.45) is 7.29. The van der Waals surface area contributed by atoms with Crippen molar-refractivity contribution in [1.82, 2.24) is 0 Å². The lowest BCUT2D eigenvalue weighted by molar-refractivity contribution is 0.227. The van der Waals surface area contributed by atoms with Gasteiger partial charge in [0.25, 0.3) is 0 Å². The van der Waals surface area contributed by atoms with E-state index in [0.29, 0.717) is 0 Å². The molecule has 1 fully saturated rings. The lowest BCUT2D eigenvalue weighted by Gasteiger charge is -2.11. The number of ether oxygens (including phenoxy) is 1. The van der Waals surface area contributed by atoms with Gasteiger partial charge in [-0.3, -0.25) is 0 Å². The second kappa shape index (κ2) is 4.97. The minimum Gasteiger partial charge on any atom is -0.394 e. The molecule has 13 heavy (non-hydrogen) atoms. The van der Waals surface area contributed by atoms with Crippen LogP contribution in [0.3, 0.4) is 0 Å². The van der Waals surface area contributed by atoms with E-state index in [4.69, 9.17) is 9.84 Å². The van der Waals surface area contributed by atoms with Crippen LogP contribution in [0, 0.1) is 0 Å². The third-order valence-corrected chi connectivity index (χ3v) is 2.98. The molecule has 1 atom stereocenters. The van der Waals surface area contributed by atoms with Gasteiger partial charge in [-0.15, -0.1) is 0 Å². The highest BCUT2D eigenvalue weighted by Gasteiger charge is 2.54. The molecule has 0 amide bonds. The Morgan fingerprint density at radius 2 is 1.69 bits per heavy atom. The predicted molar refractivity (Wildman–Crippen MR) is 53.7 cm³/mol. The molecule has 0 aromatic heterocycles. The summed E-state index contributed by atoms with van der Waals surface area (Å²) in [5.74, 6) is 0. The predicted octanol–water partition coefficient (Wildman–Crippen LogP) is 2.50. The van der Waals surface area contributed by atoms with E-state index in [2.05, 4.69) is 13.8 Å². The summed E-state index contributed by atoms with van der Waals surface area (Å²) in [4.78, 5) is 0. The minimum atomic E-state index is 0.0702. The number of rotatable bonds is 7.